The SMILES string of the molecule is COc1ccc2c(c1)CC[C@H]1[C@H]2CC[C@]2(C)[C@@H](O)C=C[C@@H]12. The van der Waals surface area contributed by atoms with Crippen LogP contribution in [0.3, 0.4) is 0 Å². The molecule has 0 bridgehead atoms. The Kier molecular flexibility index (Phi) is 2.94. The number of methoxy groups -OCH3 is 1. The van der Waals surface area contributed by atoms with E-state index in [0.717, 1.165) is 18.6 Å². The van der Waals surface area contributed by atoms with E-state index in [1.807, 2.05) is 6.08 Å². The number of aliphatic hydroxyl groups is 1. The first-order chi connectivity index (χ1) is 10.1. The van der Waals surface area contributed by atoms with E-state index in [0.29, 0.717) is 17.8 Å². The summed E-state index contributed by atoms with van der Waals surface area (Å²) in [5.41, 5.74) is 3.08. The molecule has 0 aromatic heterocycles. The maximum absolute atomic E-state index is 10.3. The molecular formula is C19H24O2. The van der Waals surface area contributed by atoms with Gasteiger partial charge in [0.1, 0.15) is 5.75 Å². The van der Waals surface area contributed by atoms with Crippen molar-refractivity contribution < 1.29 is 9.84 Å². The highest BCUT2D eigenvalue weighted by Gasteiger charge is 2.52. The van der Waals surface area contributed by atoms with Crippen LogP contribution in [0.1, 0.15) is 43.2 Å². The Labute approximate surface area is 126 Å². The zero-order valence-corrected chi connectivity index (χ0v) is 12.9. The number of fused-ring (bicyclic) bond motifs is 5. The molecule has 4 rings (SSSR count). The van der Waals surface area contributed by atoms with E-state index in [1.54, 1.807) is 7.11 Å². The van der Waals surface area contributed by atoms with Crippen molar-refractivity contribution in [3.63, 3.8) is 0 Å². The van der Waals surface area contributed by atoms with E-state index in [2.05, 4.69) is 31.2 Å². The molecule has 0 amide bonds. The maximum Gasteiger partial charge on any atom is 0.119 e. The molecule has 2 nitrogen and oxygen atoms in total. The minimum absolute atomic E-state index is 0.0745. The third kappa shape index (κ3) is 1.81. The van der Waals surface area contributed by atoms with Gasteiger partial charge in [-0.05, 0) is 66.7 Å². The summed E-state index contributed by atoms with van der Waals surface area (Å²) in [6, 6.07) is 6.61. The summed E-state index contributed by atoms with van der Waals surface area (Å²) < 4.78 is 5.37. The topological polar surface area (TPSA) is 29.5 Å². The molecule has 0 spiro atoms. The number of rotatable bonds is 1. The van der Waals surface area contributed by atoms with Crippen molar-refractivity contribution in [2.45, 2.75) is 44.6 Å². The van der Waals surface area contributed by atoms with Gasteiger partial charge >= 0.3 is 0 Å². The van der Waals surface area contributed by atoms with Gasteiger partial charge in [0.25, 0.3) is 0 Å². The van der Waals surface area contributed by atoms with Gasteiger partial charge in [-0.1, -0.05) is 25.1 Å². The van der Waals surface area contributed by atoms with Crippen LogP contribution in [0, 0.1) is 17.3 Å². The number of allylic oxidation sites excluding steroid dienone is 1. The van der Waals surface area contributed by atoms with Gasteiger partial charge in [0, 0.05) is 5.41 Å². The van der Waals surface area contributed by atoms with Crippen molar-refractivity contribution in [1.82, 2.24) is 0 Å². The Balaban J connectivity index is 1.70. The molecule has 2 heteroatoms. The standard InChI is InChI=1S/C19H24O2/c1-19-10-9-15-14-6-4-13(21-2)11-12(14)3-5-16(15)17(19)7-8-18(19)20/h4,6-8,11,15-18,20H,3,5,9-10H2,1-2H3/t15-,16-,17-,18-,19-/m0/s1. The Hall–Kier alpha value is -1.28. The predicted molar refractivity (Wildman–Crippen MR) is 83.5 cm³/mol. The molecule has 1 aromatic rings. The molecule has 0 radical (unpaired) electrons. The smallest absolute Gasteiger partial charge is 0.119 e. The van der Waals surface area contributed by atoms with Crippen LogP contribution in [0.25, 0.3) is 0 Å². The summed E-state index contributed by atoms with van der Waals surface area (Å²) >= 11 is 0. The van der Waals surface area contributed by atoms with Gasteiger partial charge in [-0.2, -0.15) is 0 Å². The van der Waals surface area contributed by atoms with Crippen LogP contribution >= 0.6 is 0 Å². The summed E-state index contributed by atoms with van der Waals surface area (Å²) in [6.07, 6.45) is 8.80. The van der Waals surface area contributed by atoms with Crippen LogP contribution in [-0.4, -0.2) is 18.3 Å². The average molecular weight is 284 g/mol. The lowest BCUT2D eigenvalue weighted by Crippen LogP contribution is -2.44. The first-order valence-corrected chi connectivity index (χ1v) is 8.16. The summed E-state index contributed by atoms with van der Waals surface area (Å²) in [7, 11) is 1.74. The molecule has 0 aliphatic heterocycles. The summed E-state index contributed by atoms with van der Waals surface area (Å²) in [6.45, 7) is 2.28. The summed E-state index contributed by atoms with van der Waals surface area (Å²) in [5.74, 6) is 2.87. The highest BCUT2D eigenvalue weighted by molar-refractivity contribution is 5.41. The van der Waals surface area contributed by atoms with Crippen LogP contribution < -0.4 is 4.74 Å². The Bertz CT molecular complexity index is 591. The second kappa shape index (κ2) is 4.61. The van der Waals surface area contributed by atoms with Crippen molar-refractivity contribution in [2.24, 2.45) is 17.3 Å². The highest BCUT2D eigenvalue weighted by Crippen LogP contribution is 2.58. The lowest BCUT2D eigenvalue weighted by atomic mass is 9.55. The molecule has 5 atom stereocenters. The lowest BCUT2D eigenvalue weighted by molar-refractivity contribution is -0.0101. The molecule has 112 valence electrons. The van der Waals surface area contributed by atoms with Gasteiger partial charge in [-0.3, -0.25) is 0 Å². The van der Waals surface area contributed by atoms with Crippen molar-refractivity contribution in [1.29, 1.82) is 0 Å². The van der Waals surface area contributed by atoms with E-state index in [-0.39, 0.29) is 11.5 Å². The molecule has 0 unspecified atom stereocenters. The Morgan fingerprint density at radius 1 is 1.24 bits per heavy atom. The monoisotopic (exact) mass is 284 g/mol. The second-order valence-corrected chi connectivity index (χ2v) is 7.27. The number of hydrogen-bond donors (Lipinski definition) is 1. The third-order valence-electron chi connectivity index (χ3n) is 6.41. The van der Waals surface area contributed by atoms with Gasteiger partial charge < -0.3 is 9.84 Å². The Morgan fingerprint density at radius 2 is 2.10 bits per heavy atom. The lowest BCUT2D eigenvalue weighted by Gasteiger charge is -2.50. The highest BCUT2D eigenvalue weighted by atomic mass is 16.5. The zero-order valence-electron chi connectivity index (χ0n) is 12.9. The molecule has 0 heterocycles. The van der Waals surface area contributed by atoms with Crippen molar-refractivity contribution in [2.75, 3.05) is 7.11 Å². The van der Waals surface area contributed by atoms with E-state index >= 15 is 0 Å². The molecule has 21 heavy (non-hydrogen) atoms. The normalized spacial score (nSPS) is 40.3. The predicted octanol–water partition coefficient (Wildman–Crippen LogP) is 3.69. The van der Waals surface area contributed by atoms with E-state index in [4.69, 9.17) is 4.74 Å². The summed E-state index contributed by atoms with van der Waals surface area (Å²) in [5, 5.41) is 10.3. The van der Waals surface area contributed by atoms with Crippen molar-refractivity contribution >= 4 is 0 Å². The maximum atomic E-state index is 10.3. The summed E-state index contributed by atoms with van der Waals surface area (Å²) in [4.78, 5) is 0. The molecule has 0 saturated heterocycles. The van der Waals surface area contributed by atoms with Crippen LogP contribution in [-0.2, 0) is 6.42 Å². The second-order valence-electron chi connectivity index (χ2n) is 7.27. The van der Waals surface area contributed by atoms with Crippen LogP contribution in [0.4, 0.5) is 0 Å². The van der Waals surface area contributed by atoms with Crippen LogP contribution in [0.15, 0.2) is 30.4 Å². The first-order valence-electron chi connectivity index (χ1n) is 8.16. The van der Waals surface area contributed by atoms with Crippen LogP contribution in [0.5, 0.6) is 5.75 Å². The number of aliphatic hydroxyl groups excluding tert-OH is 1. The number of benzene rings is 1. The molecule has 1 fully saturated rings. The van der Waals surface area contributed by atoms with E-state index < -0.39 is 0 Å². The quantitative estimate of drug-likeness (QED) is 0.797. The molecule has 3 aliphatic rings. The zero-order chi connectivity index (χ0) is 14.6. The van der Waals surface area contributed by atoms with Gasteiger partial charge in [-0.25, -0.2) is 0 Å². The van der Waals surface area contributed by atoms with Gasteiger partial charge in [0.2, 0.25) is 0 Å². The van der Waals surface area contributed by atoms with Crippen LogP contribution in [0.2, 0.25) is 0 Å². The van der Waals surface area contributed by atoms with Gasteiger partial charge in [0.05, 0.1) is 13.2 Å². The minimum Gasteiger partial charge on any atom is -0.497 e. The fraction of sp³-hybridized carbons (Fsp3) is 0.579. The van der Waals surface area contributed by atoms with Crippen molar-refractivity contribution in [3.05, 3.63) is 41.5 Å². The van der Waals surface area contributed by atoms with Gasteiger partial charge in [-0.15, -0.1) is 0 Å². The average Bonchev–Trinajstić information content (AvgIpc) is 2.82. The molecule has 1 saturated carbocycles. The van der Waals surface area contributed by atoms with E-state index in [9.17, 15) is 5.11 Å². The van der Waals surface area contributed by atoms with Crippen molar-refractivity contribution in [3.8, 4) is 5.75 Å². The molecule has 1 aromatic carbocycles. The fourth-order valence-electron chi connectivity index (χ4n) is 5.12. The number of ether oxygens (including phenoxy) is 1. The number of aryl methyl sites for hydroxylation is 1. The largest absolute Gasteiger partial charge is 0.497 e. The Morgan fingerprint density at radius 3 is 2.90 bits per heavy atom. The fourth-order valence-corrected chi connectivity index (χ4v) is 5.12. The number of hydrogen-bond acceptors (Lipinski definition) is 2. The van der Waals surface area contributed by atoms with Gasteiger partial charge in [0.15, 0.2) is 0 Å². The van der Waals surface area contributed by atoms with E-state index in [1.165, 1.54) is 24.0 Å². The third-order valence-corrected chi connectivity index (χ3v) is 6.41. The minimum atomic E-state index is -0.249. The molecular weight excluding hydrogens is 260 g/mol. The molecule has 3 aliphatic carbocycles. The first kappa shape index (κ1) is 13.4. The molecule has 1 N–H and O–H groups in total.